The molecule has 3 aromatic rings. The smallest absolute Gasteiger partial charge is 0.201 e. The Morgan fingerprint density at radius 1 is 1.29 bits per heavy atom. The number of para-hydroxylation sites is 1. The number of hydrogen-bond donors (Lipinski definition) is 1. The zero-order valence-electron chi connectivity index (χ0n) is 11.7. The minimum atomic E-state index is -3.33. The summed E-state index contributed by atoms with van der Waals surface area (Å²) >= 11 is 1.69. The minimum Gasteiger partial charge on any atom is -0.369 e. The second kappa shape index (κ2) is 4.85. The van der Waals surface area contributed by atoms with E-state index in [9.17, 15) is 8.42 Å². The van der Waals surface area contributed by atoms with Crippen molar-refractivity contribution < 1.29 is 8.42 Å². The maximum Gasteiger partial charge on any atom is 0.201 e. The lowest BCUT2D eigenvalue weighted by Gasteiger charge is -2.05. The Morgan fingerprint density at radius 2 is 2.05 bits per heavy atom. The van der Waals surface area contributed by atoms with E-state index in [0.717, 1.165) is 10.4 Å². The van der Waals surface area contributed by atoms with E-state index < -0.39 is 9.84 Å². The number of nitrogens with zero attached hydrogens (tertiary/aromatic N) is 2. The number of aryl methyl sites for hydroxylation is 1. The summed E-state index contributed by atoms with van der Waals surface area (Å²) in [5.41, 5.74) is 7.16. The molecule has 0 amide bonds. The molecule has 0 saturated heterocycles. The van der Waals surface area contributed by atoms with Crippen molar-refractivity contribution in [2.75, 3.05) is 12.0 Å². The van der Waals surface area contributed by atoms with E-state index in [2.05, 4.69) is 11.1 Å². The van der Waals surface area contributed by atoms with Crippen LogP contribution in [-0.4, -0.2) is 24.2 Å². The van der Waals surface area contributed by atoms with Crippen molar-refractivity contribution in [3.63, 3.8) is 0 Å². The van der Waals surface area contributed by atoms with Crippen LogP contribution < -0.4 is 5.73 Å². The molecule has 5 nitrogen and oxygen atoms in total. The summed E-state index contributed by atoms with van der Waals surface area (Å²) in [7, 11) is -3.33. The fraction of sp³-hybridized carbons (Fsp3) is 0.214. The number of hydrogen-bond acceptors (Lipinski definition) is 5. The average Bonchev–Trinajstić information content (AvgIpc) is 2.93. The van der Waals surface area contributed by atoms with E-state index in [1.165, 1.54) is 11.1 Å². The number of benzene rings is 1. The third-order valence-electron chi connectivity index (χ3n) is 3.28. The van der Waals surface area contributed by atoms with Gasteiger partial charge >= 0.3 is 0 Å². The maximum atomic E-state index is 11.8. The molecule has 0 saturated carbocycles. The predicted octanol–water partition coefficient (Wildman–Crippen LogP) is 2.44. The molecule has 0 radical (unpaired) electrons. The molecule has 0 aliphatic rings. The second-order valence-electron chi connectivity index (χ2n) is 4.96. The highest BCUT2D eigenvalue weighted by atomic mass is 32.2. The fourth-order valence-electron chi connectivity index (χ4n) is 2.33. The monoisotopic (exact) mass is 321 g/mol. The van der Waals surface area contributed by atoms with E-state index in [0.29, 0.717) is 18.0 Å². The van der Waals surface area contributed by atoms with E-state index in [1.54, 1.807) is 23.5 Å². The average molecular weight is 321 g/mol. The molecule has 3 rings (SSSR count). The standard InChI is InChI=1S/C14H15N3O2S2/c1-9-6-7-10(20-9)8-17-11-4-3-5-12(21(2,18)19)13(11)16-14(17)15/h3-7H,8H2,1-2H3,(H2,15,16). The minimum absolute atomic E-state index is 0.216. The molecule has 1 aromatic carbocycles. The molecule has 0 unspecified atom stereocenters. The third kappa shape index (κ3) is 2.54. The molecule has 0 spiro atoms. The Kier molecular flexibility index (Phi) is 3.26. The van der Waals surface area contributed by atoms with Crippen molar-refractivity contribution in [1.29, 1.82) is 0 Å². The zero-order chi connectivity index (χ0) is 15.2. The van der Waals surface area contributed by atoms with Crippen LogP contribution in [0, 0.1) is 6.92 Å². The summed E-state index contributed by atoms with van der Waals surface area (Å²) in [6.45, 7) is 2.64. The lowest BCUT2D eigenvalue weighted by molar-refractivity contribution is 0.602. The number of thiophene rings is 1. The van der Waals surface area contributed by atoms with Gasteiger partial charge in [-0.05, 0) is 31.2 Å². The van der Waals surface area contributed by atoms with Gasteiger partial charge in [-0.15, -0.1) is 11.3 Å². The molecule has 2 N–H and O–H groups in total. The van der Waals surface area contributed by atoms with Gasteiger partial charge in [-0.25, -0.2) is 13.4 Å². The first kappa shape index (κ1) is 14.1. The summed E-state index contributed by atoms with van der Waals surface area (Å²) < 4.78 is 25.5. The lowest BCUT2D eigenvalue weighted by atomic mass is 10.3. The van der Waals surface area contributed by atoms with Gasteiger partial charge in [0.2, 0.25) is 5.95 Å². The van der Waals surface area contributed by atoms with Crippen molar-refractivity contribution in [2.24, 2.45) is 0 Å². The SMILES string of the molecule is Cc1ccc(Cn2c(N)nc3c(S(C)(=O)=O)cccc32)s1. The van der Waals surface area contributed by atoms with Crippen LogP contribution in [0.1, 0.15) is 9.75 Å². The van der Waals surface area contributed by atoms with E-state index in [-0.39, 0.29) is 4.90 Å². The predicted molar refractivity (Wildman–Crippen MR) is 85.4 cm³/mol. The van der Waals surface area contributed by atoms with Crippen molar-refractivity contribution >= 4 is 38.2 Å². The van der Waals surface area contributed by atoms with Crippen LogP contribution in [0.15, 0.2) is 35.2 Å². The Hall–Kier alpha value is -1.86. The Morgan fingerprint density at radius 3 is 2.67 bits per heavy atom. The molecule has 0 fully saturated rings. The van der Waals surface area contributed by atoms with Gasteiger partial charge in [-0.3, -0.25) is 0 Å². The van der Waals surface area contributed by atoms with Gasteiger partial charge in [-0.2, -0.15) is 0 Å². The molecule has 21 heavy (non-hydrogen) atoms. The normalized spacial score (nSPS) is 12.1. The Labute approximate surface area is 127 Å². The highest BCUT2D eigenvalue weighted by Crippen LogP contribution is 2.27. The largest absolute Gasteiger partial charge is 0.369 e. The highest BCUT2D eigenvalue weighted by Gasteiger charge is 2.17. The van der Waals surface area contributed by atoms with E-state index in [4.69, 9.17) is 5.73 Å². The van der Waals surface area contributed by atoms with Gasteiger partial charge < -0.3 is 10.3 Å². The molecule has 0 aliphatic heterocycles. The number of fused-ring (bicyclic) bond motifs is 1. The lowest BCUT2D eigenvalue weighted by Crippen LogP contribution is -2.03. The summed E-state index contributed by atoms with van der Waals surface area (Å²) in [6, 6.07) is 9.22. The van der Waals surface area contributed by atoms with Crippen LogP contribution in [0.2, 0.25) is 0 Å². The van der Waals surface area contributed by atoms with Crippen LogP contribution in [-0.2, 0) is 16.4 Å². The number of anilines is 1. The highest BCUT2D eigenvalue weighted by molar-refractivity contribution is 7.91. The topological polar surface area (TPSA) is 78.0 Å². The van der Waals surface area contributed by atoms with Crippen molar-refractivity contribution in [2.45, 2.75) is 18.4 Å². The van der Waals surface area contributed by atoms with Gasteiger partial charge in [0.15, 0.2) is 9.84 Å². The quantitative estimate of drug-likeness (QED) is 0.803. The first-order valence-corrected chi connectivity index (χ1v) is 9.07. The number of aromatic nitrogens is 2. The molecule has 110 valence electrons. The van der Waals surface area contributed by atoms with E-state index >= 15 is 0 Å². The van der Waals surface area contributed by atoms with Gasteiger partial charge in [0, 0.05) is 16.0 Å². The first-order valence-electron chi connectivity index (χ1n) is 6.36. The molecule has 2 aromatic heterocycles. The van der Waals surface area contributed by atoms with E-state index in [1.807, 2.05) is 23.6 Å². The van der Waals surface area contributed by atoms with Crippen LogP contribution >= 0.6 is 11.3 Å². The summed E-state index contributed by atoms with van der Waals surface area (Å²) in [6.07, 6.45) is 1.18. The maximum absolute atomic E-state index is 11.8. The number of nitrogen functional groups attached to an aromatic ring is 1. The molecular formula is C14H15N3O2S2. The molecular weight excluding hydrogens is 306 g/mol. The number of nitrogens with two attached hydrogens (primary N) is 1. The van der Waals surface area contributed by atoms with Gasteiger partial charge in [0.1, 0.15) is 5.52 Å². The zero-order valence-corrected chi connectivity index (χ0v) is 13.3. The molecule has 7 heteroatoms. The van der Waals surface area contributed by atoms with Crippen LogP contribution in [0.4, 0.5) is 5.95 Å². The second-order valence-corrected chi connectivity index (χ2v) is 8.32. The third-order valence-corrected chi connectivity index (χ3v) is 5.39. The Bertz CT molecular complexity index is 923. The Balaban J connectivity index is 2.18. The van der Waals surface area contributed by atoms with Crippen LogP contribution in [0.3, 0.4) is 0 Å². The van der Waals surface area contributed by atoms with Crippen LogP contribution in [0.5, 0.6) is 0 Å². The number of rotatable bonds is 3. The van der Waals surface area contributed by atoms with Crippen molar-refractivity contribution in [1.82, 2.24) is 9.55 Å². The van der Waals surface area contributed by atoms with Gasteiger partial charge in [-0.1, -0.05) is 6.07 Å². The summed E-state index contributed by atoms with van der Waals surface area (Å²) in [4.78, 5) is 6.85. The van der Waals surface area contributed by atoms with Crippen LogP contribution in [0.25, 0.3) is 11.0 Å². The number of sulfone groups is 1. The first-order chi connectivity index (χ1) is 9.86. The fourth-order valence-corrected chi connectivity index (χ4v) is 4.04. The molecule has 0 aliphatic carbocycles. The summed E-state index contributed by atoms with van der Waals surface area (Å²) in [5, 5.41) is 0. The van der Waals surface area contributed by atoms with Gasteiger partial charge in [0.25, 0.3) is 0 Å². The number of imidazole rings is 1. The van der Waals surface area contributed by atoms with Crippen molar-refractivity contribution in [3.05, 3.63) is 40.1 Å². The van der Waals surface area contributed by atoms with Gasteiger partial charge in [0.05, 0.1) is 17.0 Å². The van der Waals surface area contributed by atoms with Crippen molar-refractivity contribution in [3.8, 4) is 0 Å². The summed E-state index contributed by atoms with van der Waals surface area (Å²) in [5.74, 6) is 0.326. The molecule has 2 heterocycles. The molecule has 0 bridgehead atoms. The molecule has 0 atom stereocenters.